The summed E-state index contributed by atoms with van der Waals surface area (Å²) in [5.41, 5.74) is 4.89. The first-order valence-corrected chi connectivity index (χ1v) is 6.61. The van der Waals surface area contributed by atoms with Crippen molar-refractivity contribution in [2.75, 3.05) is 5.32 Å². The highest BCUT2D eigenvalue weighted by Crippen LogP contribution is 2.16. The molecular weight excluding hydrogens is 248 g/mol. The molecule has 3 rings (SSSR count). The minimum absolute atomic E-state index is 0.696. The van der Waals surface area contributed by atoms with Gasteiger partial charge in [-0.25, -0.2) is 9.97 Å². The molecule has 0 atom stereocenters. The Labute approximate surface area is 117 Å². The van der Waals surface area contributed by atoms with Crippen molar-refractivity contribution >= 4 is 16.9 Å². The largest absolute Gasteiger partial charge is 0.364 e. The van der Waals surface area contributed by atoms with Crippen molar-refractivity contribution in [3.05, 3.63) is 59.5 Å². The summed E-state index contributed by atoms with van der Waals surface area (Å²) in [5, 5.41) is 3.33. The Bertz CT molecular complexity index is 735. The molecule has 3 aromatic rings. The first kappa shape index (κ1) is 12.5. The van der Waals surface area contributed by atoms with Gasteiger partial charge in [0.05, 0.1) is 16.7 Å². The van der Waals surface area contributed by atoms with E-state index in [4.69, 9.17) is 0 Å². The zero-order valence-corrected chi connectivity index (χ0v) is 11.6. The van der Waals surface area contributed by atoms with Gasteiger partial charge in [-0.3, -0.25) is 4.98 Å². The molecule has 100 valence electrons. The summed E-state index contributed by atoms with van der Waals surface area (Å²) in [6, 6.07) is 12.0. The molecule has 0 aliphatic heterocycles. The lowest BCUT2D eigenvalue weighted by atomic mass is 10.2. The maximum atomic E-state index is 4.61. The van der Waals surface area contributed by atoms with Crippen LogP contribution >= 0.6 is 0 Å². The van der Waals surface area contributed by atoms with Crippen molar-refractivity contribution in [2.24, 2.45) is 0 Å². The highest BCUT2D eigenvalue weighted by molar-refractivity contribution is 5.76. The molecular formula is C16H16N4. The Morgan fingerprint density at radius 3 is 2.40 bits per heavy atom. The van der Waals surface area contributed by atoms with Crippen LogP contribution in [0.2, 0.25) is 0 Å². The van der Waals surface area contributed by atoms with E-state index in [1.165, 1.54) is 0 Å². The van der Waals surface area contributed by atoms with Crippen molar-refractivity contribution in [1.29, 1.82) is 0 Å². The molecule has 0 saturated carbocycles. The lowest BCUT2D eigenvalue weighted by molar-refractivity contribution is 1.05. The van der Waals surface area contributed by atoms with Crippen LogP contribution in [-0.4, -0.2) is 15.0 Å². The topological polar surface area (TPSA) is 50.7 Å². The van der Waals surface area contributed by atoms with Crippen LogP contribution in [0.5, 0.6) is 0 Å². The Balaban J connectivity index is 1.83. The average Bonchev–Trinajstić information content (AvgIpc) is 2.47. The van der Waals surface area contributed by atoms with Gasteiger partial charge in [-0.05, 0) is 37.6 Å². The Morgan fingerprint density at radius 1 is 0.950 bits per heavy atom. The van der Waals surface area contributed by atoms with Gasteiger partial charge in [0.15, 0.2) is 0 Å². The number of rotatable bonds is 3. The number of nitrogens with one attached hydrogen (secondary N) is 1. The Hall–Kier alpha value is -2.49. The lowest BCUT2D eigenvalue weighted by Crippen LogP contribution is -2.05. The van der Waals surface area contributed by atoms with Crippen LogP contribution in [0, 0.1) is 13.8 Å². The number of nitrogens with zero attached hydrogens (tertiary/aromatic N) is 3. The van der Waals surface area contributed by atoms with Crippen molar-refractivity contribution < 1.29 is 0 Å². The summed E-state index contributed by atoms with van der Waals surface area (Å²) in [6.45, 7) is 4.65. The van der Waals surface area contributed by atoms with Gasteiger partial charge >= 0.3 is 0 Å². The number of pyridine rings is 1. The fourth-order valence-corrected chi connectivity index (χ4v) is 2.04. The molecule has 0 radical (unpaired) electrons. The second-order valence-corrected chi connectivity index (χ2v) is 4.81. The van der Waals surface area contributed by atoms with E-state index in [0.29, 0.717) is 6.54 Å². The van der Waals surface area contributed by atoms with Crippen LogP contribution in [0.25, 0.3) is 11.0 Å². The molecule has 0 saturated heterocycles. The standard InChI is InChI=1S/C16H16N4/c1-11-7-8-13(9-17-11)10-18-16-12(2)19-14-5-3-4-6-15(14)20-16/h3-9H,10H2,1-2H3,(H,18,20). The second-order valence-electron chi connectivity index (χ2n) is 4.81. The smallest absolute Gasteiger partial charge is 0.148 e. The van der Waals surface area contributed by atoms with E-state index in [1.807, 2.05) is 50.4 Å². The van der Waals surface area contributed by atoms with Gasteiger partial charge in [-0.15, -0.1) is 0 Å². The summed E-state index contributed by atoms with van der Waals surface area (Å²) in [4.78, 5) is 13.5. The third kappa shape index (κ3) is 2.59. The first-order chi connectivity index (χ1) is 9.72. The third-order valence-electron chi connectivity index (χ3n) is 3.18. The molecule has 0 fully saturated rings. The SMILES string of the molecule is Cc1ccc(CNc2nc3ccccc3nc2C)cn1. The fraction of sp³-hybridized carbons (Fsp3) is 0.188. The molecule has 1 aromatic carbocycles. The summed E-state index contributed by atoms with van der Waals surface area (Å²) >= 11 is 0. The molecule has 4 heteroatoms. The van der Waals surface area contributed by atoms with Gasteiger partial charge in [-0.2, -0.15) is 0 Å². The zero-order valence-electron chi connectivity index (χ0n) is 11.6. The summed E-state index contributed by atoms with van der Waals surface area (Å²) in [5.74, 6) is 0.823. The third-order valence-corrected chi connectivity index (χ3v) is 3.18. The minimum Gasteiger partial charge on any atom is -0.364 e. The summed E-state index contributed by atoms with van der Waals surface area (Å²) in [6.07, 6.45) is 1.88. The number of aryl methyl sites for hydroxylation is 2. The van der Waals surface area contributed by atoms with Gasteiger partial charge in [0.2, 0.25) is 0 Å². The number of anilines is 1. The normalized spacial score (nSPS) is 10.7. The zero-order chi connectivity index (χ0) is 13.9. The number of para-hydroxylation sites is 2. The van der Waals surface area contributed by atoms with E-state index in [2.05, 4.69) is 26.3 Å². The van der Waals surface area contributed by atoms with Crippen molar-refractivity contribution in [1.82, 2.24) is 15.0 Å². The quantitative estimate of drug-likeness (QED) is 0.789. The highest BCUT2D eigenvalue weighted by atomic mass is 15.0. The van der Waals surface area contributed by atoms with Crippen LogP contribution in [0.1, 0.15) is 17.0 Å². The number of aromatic nitrogens is 3. The first-order valence-electron chi connectivity index (χ1n) is 6.61. The van der Waals surface area contributed by atoms with E-state index in [-0.39, 0.29) is 0 Å². The Kier molecular flexibility index (Phi) is 3.29. The molecule has 0 amide bonds. The highest BCUT2D eigenvalue weighted by Gasteiger charge is 2.04. The van der Waals surface area contributed by atoms with Crippen LogP contribution < -0.4 is 5.32 Å². The van der Waals surface area contributed by atoms with Gasteiger partial charge in [0.1, 0.15) is 5.82 Å². The van der Waals surface area contributed by atoms with Crippen LogP contribution in [0.3, 0.4) is 0 Å². The van der Waals surface area contributed by atoms with Gasteiger partial charge in [-0.1, -0.05) is 18.2 Å². The van der Waals surface area contributed by atoms with E-state index >= 15 is 0 Å². The number of fused-ring (bicyclic) bond motifs is 1. The predicted molar refractivity (Wildman–Crippen MR) is 80.6 cm³/mol. The fourth-order valence-electron chi connectivity index (χ4n) is 2.04. The molecule has 0 bridgehead atoms. The predicted octanol–water partition coefficient (Wildman–Crippen LogP) is 3.25. The number of benzene rings is 1. The maximum Gasteiger partial charge on any atom is 0.148 e. The van der Waals surface area contributed by atoms with Crippen molar-refractivity contribution in [3.8, 4) is 0 Å². The molecule has 0 aliphatic rings. The molecule has 2 aromatic heterocycles. The second kappa shape index (κ2) is 5.25. The molecule has 20 heavy (non-hydrogen) atoms. The van der Waals surface area contributed by atoms with E-state index in [0.717, 1.165) is 33.8 Å². The molecule has 2 heterocycles. The van der Waals surface area contributed by atoms with Crippen LogP contribution in [-0.2, 0) is 6.54 Å². The monoisotopic (exact) mass is 264 g/mol. The van der Waals surface area contributed by atoms with Gasteiger partial charge < -0.3 is 5.32 Å². The summed E-state index contributed by atoms with van der Waals surface area (Å²) < 4.78 is 0. The number of hydrogen-bond donors (Lipinski definition) is 1. The van der Waals surface area contributed by atoms with Crippen LogP contribution in [0.4, 0.5) is 5.82 Å². The van der Waals surface area contributed by atoms with Crippen LogP contribution in [0.15, 0.2) is 42.6 Å². The summed E-state index contributed by atoms with van der Waals surface area (Å²) in [7, 11) is 0. The molecule has 0 aliphatic carbocycles. The maximum absolute atomic E-state index is 4.61. The Morgan fingerprint density at radius 2 is 1.70 bits per heavy atom. The molecule has 0 unspecified atom stereocenters. The van der Waals surface area contributed by atoms with E-state index in [1.54, 1.807) is 0 Å². The number of hydrogen-bond acceptors (Lipinski definition) is 4. The lowest BCUT2D eigenvalue weighted by Gasteiger charge is -2.09. The molecule has 0 spiro atoms. The van der Waals surface area contributed by atoms with Gasteiger partial charge in [0.25, 0.3) is 0 Å². The minimum atomic E-state index is 0.696. The molecule has 1 N–H and O–H groups in total. The molecule has 4 nitrogen and oxygen atoms in total. The van der Waals surface area contributed by atoms with Crippen molar-refractivity contribution in [3.63, 3.8) is 0 Å². The van der Waals surface area contributed by atoms with E-state index < -0.39 is 0 Å². The van der Waals surface area contributed by atoms with Crippen molar-refractivity contribution in [2.45, 2.75) is 20.4 Å². The average molecular weight is 264 g/mol. The van der Waals surface area contributed by atoms with Gasteiger partial charge in [0, 0.05) is 18.4 Å². The van der Waals surface area contributed by atoms with E-state index in [9.17, 15) is 0 Å².